The van der Waals surface area contributed by atoms with Gasteiger partial charge in [0, 0.05) is 23.3 Å². The van der Waals surface area contributed by atoms with Crippen molar-refractivity contribution in [2.75, 3.05) is 10.6 Å². The number of rotatable bonds is 6. The summed E-state index contributed by atoms with van der Waals surface area (Å²) in [5.41, 5.74) is 11.9. The van der Waals surface area contributed by atoms with E-state index in [0.717, 1.165) is 25.7 Å². The highest BCUT2D eigenvalue weighted by atomic mass is 35.5. The first-order valence-electron chi connectivity index (χ1n) is 9.73. The minimum Gasteiger partial charge on any atom is -0.366 e. The van der Waals surface area contributed by atoms with Crippen molar-refractivity contribution < 1.29 is 9.59 Å². The maximum Gasteiger partial charge on any atom is 0.294 e. The zero-order valence-corrected chi connectivity index (χ0v) is 17.4. The second-order valence-corrected chi connectivity index (χ2v) is 7.83. The van der Waals surface area contributed by atoms with Crippen molar-refractivity contribution in [1.29, 1.82) is 0 Å². The molecule has 0 bridgehead atoms. The van der Waals surface area contributed by atoms with Crippen molar-refractivity contribution in [2.24, 2.45) is 11.5 Å². The van der Waals surface area contributed by atoms with Gasteiger partial charge in [-0.1, -0.05) is 11.6 Å². The normalized spacial score (nSPS) is 18.6. The maximum absolute atomic E-state index is 12.9. The largest absolute Gasteiger partial charge is 0.366 e. The number of nitrogens with two attached hydrogens (primary N) is 2. The Bertz CT molecular complexity index is 997. The van der Waals surface area contributed by atoms with Crippen LogP contribution in [-0.4, -0.2) is 33.4 Å². The molecular formula is C20H25ClN6O3. The zero-order chi connectivity index (χ0) is 21.8. The van der Waals surface area contributed by atoms with Crippen LogP contribution in [0.4, 0.5) is 11.5 Å². The summed E-state index contributed by atoms with van der Waals surface area (Å²) in [5.74, 6) is -0.838. The Morgan fingerprint density at radius 2 is 1.83 bits per heavy atom. The summed E-state index contributed by atoms with van der Waals surface area (Å²) in [5, 5.41) is 6.00. The lowest BCUT2D eigenvalue weighted by Crippen LogP contribution is -2.37. The molecule has 160 valence electrons. The zero-order valence-electron chi connectivity index (χ0n) is 16.7. The first-order valence-corrected chi connectivity index (χ1v) is 10.1. The quantitative estimate of drug-likeness (QED) is 0.545. The van der Waals surface area contributed by atoms with E-state index in [-0.39, 0.29) is 29.6 Å². The third-order valence-corrected chi connectivity index (χ3v) is 5.59. The fourth-order valence-electron chi connectivity index (χ4n) is 3.42. The Kier molecular flexibility index (Phi) is 6.73. The van der Waals surface area contributed by atoms with Crippen molar-refractivity contribution in [2.45, 2.75) is 51.2 Å². The molecule has 3 rings (SSSR count). The number of hydrogen-bond acceptors (Lipinski definition) is 6. The molecule has 1 aliphatic carbocycles. The summed E-state index contributed by atoms with van der Waals surface area (Å²) in [6, 6.07) is 6.43. The predicted molar refractivity (Wildman–Crippen MR) is 116 cm³/mol. The molecule has 0 atom stereocenters. The van der Waals surface area contributed by atoms with Crippen molar-refractivity contribution in [1.82, 2.24) is 9.55 Å². The molecule has 0 radical (unpaired) electrons. The monoisotopic (exact) mass is 432 g/mol. The molecule has 10 heteroatoms. The number of amides is 2. The number of halogens is 1. The lowest BCUT2D eigenvalue weighted by molar-refractivity contribution is -0.116. The number of aromatic nitrogens is 2. The molecule has 0 spiro atoms. The average Bonchev–Trinajstić information content (AvgIpc) is 2.71. The topological polar surface area (TPSA) is 145 Å². The highest BCUT2D eigenvalue weighted by Gasteiger charge is 2.22. The van der Waals surface area contributed by atoms with Crippen LogP contribution in [-0.2, 0) is 11.3 Å². The number of anilines is 2. The lowest BCUT2D eigenvalue weighted by Gasteiger charge is -2.27. The summed E-state index contributed by atoms with van der Waals surface area (Å²) in [7, 11) is 0. The standard InChI is InChI=1S/C20H25ClN6O3/c1-11-17(21)26-19(25-15-8-4-13(22)5-9-15)20(30)27(11)10-16(28)24-14-6-2-12(3-7-14)18(23)29/h2-3,6-7,13,15H,4-5,8-10,22H2,1H3,(H2,23,29)(H,24,28)(H,25,26). The van der Waals surface area contributed by atoms with E-state index in [9.17, 15) is 14.4 Å². The number of carbonyl (C=O) groups excluding carboxylic acids is 2. The predicted octanol–water partition coefficient (Wildman–Crippen LogP) is 1.62. The van der Waals surface area contributed by atoms with Gasteiger partial charge in [-0.15, -0.1) is 0 Å². The van der Waals surface area contributed by atoms with Gasteiger partial charge in [0.2, 0.25) is 11.8 Å². The minimum atomic E-state index is -0.554. The van der Waals surface area contributed by atoms with Gasteiger partial charge in [-0.25, -0.2) is 4.98 Å². The van der Waals surface area contributed by atoms with E-state index < -0.39 is 17.4 Å². The third-order valence-electron chi connectivity index (χ3n) is 5.23. The van der Waals surface area contributed by atoms with E-state index in [4.69, 9.17) is 23.1 Å². The molecule has 2 amide bonds. The van der Waals surface area contributed by atoms with Gasteiger partial charge >= 0.3 is 0 Å². The number of primary amides is 1. The van der Waals surface area contributed by atoms with Gasteiger partial charge in [0.25, 0.3) is 5.56 Å². The maximum atomic E-state index is 12.9. The van der Waals surface area contributed by atoms with Crippen molar-refractivity contribution in [3.63, 3.8) is 0 Å². The molecule has 1 heterocycles. The summed E-state index contributed by atoms with van der Waals surface area (Å²) >= 11 is 6.22. The number of carbonyl (C=O) groups is 2. The van der Waals surface area contributed by atoms with E-state index in [1.165, 1.54) is 16.7 Å². The molecule has 2 aromatic rings. The molecule has 0 saturated heterocycles. The molecule has 0 unspecified atom stereocenters. The fraction of sp³-hybridized carbons (Fsp3) is 0.400. The Hall–Kier alpha value is -2.91. The highest BCUT2D eigenvalue weighted by Crippen LogP contribution is 2.21. The Morgan fingerprint density at radius 1 is 1.20 bits per heavy atom. The number of nitrogens with one attached hydrogen (secondary N) is 2. The van der Waals surface area contributed by atoms with Gasteiger partial charge in [-0.2, -0.15) is 0 Å². The molecule has 9 nitrogen and oxygen atoms in total. The van der Waals surface area contributed by atoms with Crippen LogP contribution >= 0.6 is 11.6 Å². The summed E-state index contributed by atoms with van der Waals surface area (Å²) in [6.07, 6.45) is 3.44. The third kappa shape index (κ3) is 5.17. The summed E-state index contributed by atoms with van der Waals surface area (Å²) < 4.78 is 1.29. The van der Waals surface area contributed by atoms with E-state index >= 15 is 0 Å². The van der Waals surface area contributed by atoms with Crippen LogP contribution in [0.5, 0.6) is 0 Å². The smallest absolute Gasteiger partial charge is 0.294 e. The van der Waals surface area contributed by atoms with E-state index in [1.54, 1.807) is 19.1 Å². The van der Waals surface area contributed by atoms with Gasteiger partial charge in [0.1, 0.15) is 6.54 Å². The van der Waals surface area contributed by atoms with Crippen LogP contribution in [0.25, 0.3) is 0 Å². The van der Waals surface area contributed by atoms with Crippen molar-refractivity contribution in [3.8, 4) is 0 Å². The van der Waals surface area contributed by atoms with Gasteiger partial charge < -0.3 is 22.1 Å². The van der Waals surface area contributed by atoms with Crippen LogP contribution < -0.4 is 27.7 Å². The van der Waals surface area contributed by atoms with Crippen LogP contribution in [0.15, 0.2) is 29.1 Å². The van der Waals surface area contributed by atoms with E-state index in [2.05, 4.69) is 15.6 Å². The molecule has 1 fully saturated rings. The first kappa shape index (κ1) is 21.8. The Balaban J connectivity index is 1.74. The highest BCUT2D eigenvalue weighted by molar-refractivity contribution is 6.30. The fourth-order valence-corrected chi connectivity index (χ4v) is 3.61. The number of benzene rings is 1. The molecular weight excluding hydrogens is 408 g/mol. The summed E-state index contributed by atoms with van der Waals surface area (Å²) in [4.78, 5) is 40.7. The molecule has 1 saturated carbocycles. The van der Waals surface area contributed by atoms with E-state index in [1.807, 2.05) is 0 Å². The Labute approximate surface area is 178 Å². The van der Waals surface area contributed by atoms with Gasteiger partial charge in [0.05, 0.1) is 5.69 Å². The lowest BCUT2D eigenvalue weighted by atomic mass is 9.92. The molecule has 1 aromatic heterocycles. The number of hydrogen-bond donors (Lipinski definition) is 4. The SMILES string of the molecule is Cc1c(Cl)nc(NC2CCC(N)CC2)c(=O)n1CC(=O)Nc1ccc(C(N)=O)cc1. The van der Waals surface area contributed by atoms with Crippen LogP contribution in [0, 0.1) is 6.92 Å². The first-order chi connectivity index (χ1) is 14.2. The minimum absolute atomic E-state index is 0.0924. The molecule has 0 aliphatic heterocycles. The number of nitrogens with zero attached hydrogens (tertiary/aromatic N) is 2. The molecule has 6 N–H and O–H groups in total. The summed E-state index contributed by atoms with van der Waals surface area (Å²) in [6.45, 7) is 1.41. The van der Waals surface area contributed by atoms with Crippen molar-refractivity contribution in [3.05, 3.63) is 51.0 Å². The molecule has 1 aromatic carbocycles. The van der Waals surface area contributed by atoms with E-state index in [0.29, 0.717) is 16.9 Å². The molecule has 30 heavy (non-hydrogen) atoms. The van der Waals surface area contributed by atoms with Gasteiger partial charge in [-0.3, -0.25) is 19.0 Å². The van der Waals surface area contributed by atoms with Gasteiger partial charge in [0.15, 0.2) is 11.0 Å². The second kappa shape index (κ2) is 9.27. The second-order valence-electron chi connectivity index (χ2n) is 7.47. The van der Waals surface area contributed by atoms with Crippen molar-refractivity contribution >= 4 is 34.9 Å². The molecule has 1 aliphatic rings. The Morgan fingerprint density at radius 3 is 2.43 bits per heavy atom. The average molecular weight is 433 g/mol. The van der Waals surface area contributed by atoms with Crippen LogP contribution in [0.1, 0.15) is 41.7 Å². The van der Waals surface area contributed by atoms with Crippen LogP contribution in [0.3, 0.4) is 0 Å². The van der Waals surface area contributed by atoms with Gasteiger partial charge in [-0.05, 0) is 56.9 Å². The van der Waals surface area contributed by atoms with Crippen LogP contribution in [0.2, 0.25) is 5.15 Å².